The Bertz CT molecular complexity index is 91.7. The number of halogens is 1. The molecule has 1 saturated heterocycles. The second-order valence-electron chi connectivity index (χ2n) is 0.822. The number of hydrogen-bond donors (Lipinski definition) is 0. The van der Waals surface area contributed by atoms with Gasteiger partial charge in [-0.05, 0) is 0 Å². The van der Waals surface area contributed by atoms with E-state index in [1.165, 1.54) is 0 Å². The molecule has 1 atom stereocenters. The first-order valence-corrected chi connectivity index (χ1v) is 1.47. The fraction of sp³-hybridized carbons (Fsp3) is 0.500. The Balaban J connectivity index is 2.40. The summed E-state index contributed by atoms with van der Waals surface area (Å²) in [5.41, 5.74) is 0. The maximum atomic E-state index is 11.4. The average Bonchev–Trinajstić information content (AvgIpc) is 1.87. The van der Waals surface area contributed by atoms with E-state index in [4.69, 9.17) is 0 Å². The van der Waals surface area contributed by atoms with Gasteiger partial charge in [-0.2, -0.15) is 4.39 Å². The minimum atomic E-state index is -2.05. The number of cyclic esters (lactones) is 1. The largest absolute Gasteiger partial charge is 0.545 e. The van der Waals surface area contributed by atoms with Gasteiger partial charge in [-0.15, -0.1) is 4.89 Å². The van der Waals surface area contributed by atoms with Crippen molar-refractivity contribution in [3.8, 4) is 0 Å². The van der Waals surface area contributed by atoms with Gasteiger partial charge in [-0.25, -0.2) is 4.79 Å². The first-order chi connectivity index (χ1) is 3.29. The second-order valence-corrected chi connectivity index (χ2v) is 0.822. The van der Waals surface area contributed by atoms with Crippen molar-refractivity contribution in [1.29, 1.82) is 0 Å². The summed E-state index contributed by atoms with van der Waals surface area (Å²) in [5, 5.41) is 0. The fourth-order valence-electron chi connectivity index (χ4n) is 0.192. The lowest BCUT2D eigenvalue weighted by atomic mass is 11.3. The van der Waals surface area contributed by atoms with E-state index in [9.17, 15) is 9.18 Å². The maximum absolute atomic E-state index is 11.4. The van der Waals surface area contributed by atoms with Crippen LogP contribution in [0.4, 0.5) is 9.18 Å². The van der Waals surface area contributed by atoms with Crippen LogP contribution in [-0.4, -0.2) is 12.7 Å². The molecule has 0 spiro atoms. The zero-order valence-corrected chi connectivity index (χ0v) is 3.09. The van der Waals surface area contributed by atoms with Crippen molar-refractivity contribution in [3.63, 3.8) is 0 Å². The number of hydrogen-bond acceptors (Lipinski definition) is 4. The Hall–Kier alpha value is -0.840. The molecule has 0 bridgehead atoms. The summed E-state index contributed by atoms with van der Waals surface area (Å²) in [6.45, 7) is -2.05. The van der Waals surface area contributed by atoms with Gasteiger partial charge < -0.3 is 4.74 Å². The van der Waals surface area contributed by atoms with Crippen molar-refractivity contribution in [2.24, 2.45) is 0 Å². The quantitative estimate of drug-likeness (QED) is 0.331. The molecule has 1 fully saturated rings. The van der Waals surface area contributed by atoms with Crippen molar-refractivity contribution in [3.05, 3.63) is 0 Å². The Morgan fingerprint density at radius 1 is 1.71 bits per heavy atom. The number of ether oxygens (including phenoxy) is 1. The van der Waals surface area contributed by atoms with E-state index in [0.717, 1.165) is 0 Å². The number of alkyl halides is 1. The van der Waals surface area contributed by atoms with Crippen molar-refractivity contribution in [1.82, 2.24) is 0 Å². The van der Waals surface area contributed by atoms with Crippen LogP contribution in [0.15, 0.2) is 0 Å². The Kier molecular flexibility index (Phi) is 0.828. The van der Waals surface area contributed by atoms with Gasteiger partial charge in [0.15, 0.2) is 0 Å². The fourth-order valence-corrected chi connectivity index (χ4v) is 0.192. The standard InChI is InChI=1S/C2HFO4/c3-1-5-2(4)7-6-1/h1H. The van der Waals surface area contributed by atoms with Gasteiger partial charge in [0.1, 0.15) is 0 Å². The van der Waals surface area contributed by atoms with Crippen LogP contribution in [0.25, 0.3) is 0 Å². The smallest absolute Gasteiger partial charge is 0.369 e. The third-order valence-corrected chi connectivity index (χ3v) is 0.381. The molecule has 0 N–H and O–H groups in total. The third kappa shape index (κ3) is 0.774. The molecule has 0 saturated carbocycles. The van der Waals surface area contributed by atoms with Crippen molar-refractivity contribution in [2.45, 2.75) is 6.54 Å². The molecule has 0 aromatic heterocycles. The Morgan fingerprint density at radius 2 is 2.43 bits per heavy atom. The van der Waals surface area contributed by atoms with Gasteiger partial charge in [0.05, 0.1) is 0 Å². The van der Waals surface area contributed by atoms with Gasteiger partial charge in [0.2, 0.25) is 0 Å². The van der Waals surface area contributed by atoms with Gasteiger partial charge in [-0.1, -0.05) is 0 Å². The Morgan fingerprint density at radius 3 is 2.57 bits per heavy atom. The first kappa shape index (κ1) is 4.32. The molecule has 4 nitrogen and oxygen atoms in total. The molecule has 5 heteroatoms. The molecule has 40 valence electrons. The van der Waals surface area contributed by atoms with Crippen LogP contribution in [0, 0.1) is 0 Å². The highest BCUT2D eigenvalue weighted by molar-refractivity contribution is 5.59. The van der Waals surface area contributed by atoms with Crippen LogP contribution < -0.4 is 0 Å². The third-order valence-electron chi connectivity index (χ3n) is 0.381. The average molecular weight is 108 g/mol. The molecule has 1 heterocycles. The molecule has 0 aromatic rings. The molecule has 1 aliphatic rings. The van der Waals surface area contributed by atoms with E-state index in [1.54, 1.807) is 0 Å². The van der Waals surface area contributed by atoms with Gasteiger partial charge in [0, 0.05) is 0 Å². The molecule has 1 rings (SSSR count). The summed E-state index contributed by atoms with van der Waals surface area (Å²) < 4.78 is 15.0. The highest BCUT2D eigenvalue weighted by Crippen LogP contribution is 2.07. The Labute approximate surface area is 37.7 Å². The van der Waals surface area contributed by atoms with E-state index in [2.05, 4.69) is 14.5 Å². The van der Waals surface area contributed by atoms with Gasteiger partial charge >= 0.3 is 12.7 Å². The maximum Gasteiger partial charge on any atom is 0.545 e. The topological polar surface area (TPSA) is 44.8 Å². The van der Waals surface area contributed by atoms with Crippen molar-refractivity contribution < 1.29 is 23.7 Å². The summed E-state index contributed by atoms with van der Waals surface area (Å²) in [6, 6.07) is 0. The normalized spacial score (nSPS) is 29.3. The summed E-state index contributed by atoms with van der Waals surface area (Å²) in [7, 11) is 0. The molecule has 0 radical (unpaired) electrons. The molecule has 1 unspecified atom stereocenters. The van der Waals surface area contributed by atoms with Crippen LogP contribution in [0.2, 0.25) is 0 Å². The van der Waals surface area contributed by atoms with Crippen LogP contribution in [-0.2, 0) is 14.5 Å². The lowest BCUT2D eigenvalue weighted by molar-refractivity contribution is -0.294. The van der Waals surface area contributed by atoms with E-state index >= 15 is 0 Å². The van der Waals surface area contributed by atoms with E-state index in [-0.39, 0.29) is 0 Å². The van der Waals surface area contributed by atoms with E-state index in [1.807, 2.05) is 0 Å². The molecular formula is C2HFO4. The summed E-state index contributed by atoms with van der Waals surface area (Å²) in [6.07, 6.45) is -1.15. The van der Waals surface area contributed by atoms with Crippen LogP contribution in [0.3, 0.4) is 0 Å². The minimum Gasteiger partial charge on any atom is -0.369 e. The van der Waals surface area contributed by atoms with Gasteiger partial charge in [0.25, 0.3) is 0 Å². The van der Waals surface area contributed by atoms with Crippen LogP contribution in [0.1, 0.15) is 0 Å². The molecule has 0 aliphatic carbocycles. The van der Waals surface area contributed by atoms with Crippen molar-refractivity contribution in [2.75, 3.05) is 0 Å². The highest BCUT2D eigenvalue weighted by Gasteiger charge is 2.25. The lowest BCUT2D eigenvalue weighted by Gasteiger charge is -1.83. The predicted molar refractivity (Wildman–Crippen MR) is 13.5 cm³/mol. The molecular weight excluding hydrogens is 107 g/mol. The summed E-state index contributed by atoms with van der Waals surface area (Å²) in [4.78, 5) is 16.7. The van der Waals surface area contributed by atoms with E-state index in [0.29, 0.717) is 0 Å². The number of rotatable bonds is 0. The number of carbonyl (C=O) groups is 1. The summed E-state index contributed by atoms with van der Waals surface area (Å²) in [5.74, 6) is 0. The SMILES string of the molecule is O=C1OOC(F)O1. The van der Waals surface area contributed by atoms with Crippen LogP contribution >= 0.6 is 0 Å². The second kappa shape index (κ2) is 1.34. The predicted octanol–water partition coefficient (Wildman–Crippen LogP) is 0.338. The minimum absolute atomic E-state index is 1.15. The lowest BCUT2D eigenvalue weighted by Crippen LogP contribution is -1.97. The zero-order valence-electron chi connectivity index (χ0n) is 3.09. The van der Waals surface area contributed by atoms with Crippen molar-refractivity contribution >= 4 is 6.16 Å². The van der Waals surface area contributed by atoms with E-state index < -0.39 is 12.7 Å². The monoisotopic (exact) mass is 108 g/mol. The van der Waals surface area contributed by atoms with Gasteiger partial charge in [-0.3, -0.25) is 4.89 Å². The number of carbonyl (C=O) groups excluding carboxylic acids is 1. The summed E-state index contributed by atoms with van der Waals surface area (Å²) >= 11 is 0. The highest BCUT2D eigenvalue weighted by atomic mass is 19.2. The van der Waals surface area contributed by atoms with Crippen LogP contribution in [0.5, 0.6) is 0 Å². The zero-order chi connectivity index (χ0) is 5.28. The molecule has 7 heavy (non-hydrogen) atoms. The molecule has 0 amide bonds. The molecule has 1 aliphatic heterocycles. The first-order valence-electron chi connectivity index (χ1n) is 1.47. The molecule has 0 aromatic carbocycles.